The molecule has 1 N–H and O–H groups in total. The number of nitrogens with one attached hydrogen (secondary N) is 1. The van der Waals surface area contributed by atoms with Crippen LogP contribution in [0.3, 0.4) is 0 Å². The quantitative estimate of drug-likeness (QED) is 0.847. The molecule has 0 spiro atoms. The Kier molecular flexibility index (Phi) is 4.80. The molecule has 0 aromatic heterocycles. The summed E-state index contributed by atoms with van der Waals surface area (Å²) in [6.45, 7) is 5.21. The number of halogens is 1. The van der Waals surface area contributed by atoms with Crippen LogP contribution in [0, 0.1) is 0 Å². The molecule has 17 heavy (non-hydrogen) atoms. The Morgan fingerprint density at radius 3 is 2.94 bits per heavy atom. The van der Waals surface area contributed by atoms with Crippen molar-refractivity contribution in [3.63, 3.8) is 0 Å². The molecule has 0 radical (unpaired) electrons. The summed E-state index contributed by atoms with van der Waals surface area (Å²) in [6, 6.07) is 7.84. The van der Waals surface area contributed by atoms with Crippen molar-refractivity contribution in [3.8, 4) is 0 Å². The number of hydrogen-bond acceptors (Lipinski definition) is 3. The van der Waals surface area contributed by atoms with Gasteiger partial charge in [0.15, 0.2) is 0 Å². The lowest BCUT2D eigenvalue weighted by molar-refractivity contribution is -0.155. The van der Waals surface area contributed by atoms with Crippen molar-refractivity contribution in [2.24, 2.45) is 0 Å². The molecule has 0 saturated carbocycles. The van der Waals surface area contributed by atoms with Crippen molar-refractivity contribution in [3.05, 3.63) is 34.9 Å². The lowest BCUT2D eigenvalue weighted by Gasteiger charge is -2.31. The Balaban J connectivity index is 2.02. The number of likely N-dealkylation sites (N-methyl/N-ethyl adjacent to an activating group) is 1. The molecule has 0 amide bonds. The second-order valence-corrected chi connectivity index (χ2v) is 4.58. The molecule has 1 aliphatic heterocycles. The van der Waals surface area contributed by atoms with Crippen molar-refractivity contribution >= 4 is 11.6 Å². The number of benzene rings is 1. The monoisotopic (exact) mass is 255 g/mol. The van der Waals surface area contributed by atoms with E-state index in [2.05, 4.69) is 12.2 Å². The van der Waals surface area contributed by atoms with E-state index in [1.165, 1.54) is 0 Å². The average Bonchev–Trinajstić information content (AvgIpc) is 2.27. The summed E-state index contributed by atoms with van der Waals surface area (Å²) < 4.78 is 11.1. The molecule has 1 unspecified atom stereocenters. The first-order chi connectivity index (χ1) is 8.29. The van der Waals surface area contributed by atoms with Crippen LogP contribution in [0.1, 0.15) is 18.6 Å². The maximum Gasteiger partial charge on any atom is 0.105 e. The fraction of sp³-hybridized carbons (Fsp3) is 0.538. The van der Waals surface area contributed by atoms with Crippen LogP contribution in [0.2, 0.25) is 5.02 Å². The minimum Gasteiger partial charge on any atom is -0.376 e. The van der Waals surface area contributed by atoms with Gasteiger partial charge in [0.25, 0.3) is 0 Å². The van der Waals surface area contributed by atoms with Crippen LogP contribution in [-0.4, -0.2) is 32.4 Å². The third-order valence-electron chi connectivity index (χ3n) is 2.76. The van der Waals surface area contributed by atoms with E-state index in [1.54, 1.807) is 0 Å². The Labute approximate surface area is 107 Å². The number of hydrogen-bond donors (Lipinski definition) is 1. The summed E-state index contributed by atoms with van der Waals surface area (Å²) in [5.74, 6) is 0. The Bertz CT molecular complexity index is 355. The second-order valence-electron chi connectivity index (χ2n) is 4.15. The summed E-state index contributed by atoms with van der Waals surface area (Å²) in [4.78, 5) is 0. The van der Waals surface area contributed by atoms with Gasteiger partial charge in [-0.25, -0.2) is 0 Å². The van der Waals surface area contributed by atoms with E-state index >= 15 is 0 Å². The molecule has 1 fully saturated rings. The molecule has 1 atom stereocenters. The number of rotatable bonds is 6. The topological polar surface area (TPSA) is 30.5 Å². The summed E-state index contributed by atoms with van der Waals surface area (Å²) in [7, 11) is 0. The van der Waals surface area contributed by atoms with Crippen molar-refractivity contribution < 1.29 is 9.47 Å². The lowest BCUT2D eigenvalue weighted by atomic mass is 10.1. The van der Waals surface area contributed by atoms with Gasteiger partial charge < -0.3 is 14.8 Å². The van der Waals surface area contributed by atoms with Gasteiger partial charge in [0.05, 0.1) is 19.3 Å². The Morgan fingerprint density at radius 1 is 1.53 bits per heavy atom. The van der Waals surface area contributed by atoms with Crippen LogP contribution in [0.5, 0.6) is 0 Å². The van der Waals surface area contributed by atoms with E-state index < -0.39 is 0 Å². The highest BCUT2D eigenvalue weighted by atomic mass is 35.5. The molecule has 1 aliphatic rings. The largest absolute Gasteiger partial charge is 0.376 e. The Morgan fingerprint density at radius 2 is 2.35 bits per heavy atom. The minimum atomic E-state index is 0.0440. The molecule has 1 heterocycles. The van der Waals surface area contributed by atoms with Crippen molar-refractivity contribution in [1.82, 2.24) is 5.32 Å². The number of ether oxygens (including phenoxy) is 2. The van der Waals surface area contributed by atoms with E-state index in [0.717, 1.165) is 23.7 Å². The summed E-state index contributed by atoms with van der Waals surface area (Å²) in [5, 5.41) is 4.06. The highest BCUT2D eigenvalue weighted by Crippen LogP contribution is 2.23. The van der Waals surface area contributed by atoms with Crippen molar-refractivity contribution in [2.75, 3.05) is 26.3 Å². The van der Waals surface area contributed by atoms with Crippen LogP contribution >= 0.6 is 11.6 Å². The zero-order valence-corrected chi connectivity index (χ0v) is 10.7. The molecule has 3 nitrogen and oxygen atoms in total. The van der Waals surface area contributed by atoms with E-state index in [9.17, 15) is 0 Å². The van der Waals surface area contributed by atoms with Gasteiger partial charge >= 0.3 is 0 Å². The summed E-state index contributed by atoms with van der Waals surface area (Å²) in [6.07, 6.45) is 0.264. The van der Waals surface area contributed by atoms with E-state index in [4.69, 9.17) is 21.1 Å². The standard InChI is InChI=1S/C13H18ClNO2/c1-2-15-7-13(17-12-8-16-9-12)10-4-3-5-11(14)6-10/h3-6,12-13,15H,2,7-9H2,1H3. The molecule has 4 heteroatoms. The molecule has 94 valence electrons. The molecule has 0 aliphatic carbocycles. The van der Waals surface area contributed by atoms with Gasteiger partial charge in [0.2, 0.25) is 0 Å². The normalized spacial score (nSPS) is 17.8. The average molecular weight is 256 g/mol. The maximum atomic E-state index is 6.01. The van der Waals surface area contributed by atoms with Crippen LogP contribution in [0.25, 0.3) is 0 Å². The fourth-order valence-electron chi connectivity index (χ4n) is 1.75. The van der Waals surface area contributed by atoms with Gasteiger partial charge in [-0.05, 0) is 24.2 Å². The van der Waals surface area contributed by atoms with Gasteiger partial charge in [-0.15, -0.1) is 0 Å². The molecule has 2 rings (SSSR count). The molecular formula is C13H18ClNO2. The van der Waals surface area contributed by atoms with Crippen LogP contribution in [-0.2, 0) is 9.47 Å². The first kappa shape index (κ1) is 12.8. The molecule has 1 aromatic rings. The molecule has 1 aromatic carbocycles. The molecular weight excluding hydrogens is 238 g/mol. The zero-order valence-electron chi connectivity index (χ0n) is 9.99. The van der Waals surface area contributed by atoms with E-state index in [1.807, 2.05) is 24.3 Å². The third-order valence-corrected chi connectivity index (χ3v) is 3.00. The second kappa shape index (κ2) is 6.36. The predicted molar refractivity (Wildman–Crippen MR) is 68.4 cm³/mol. The first-order valence-corrected chi connectivity index (χ1v) is 6.36. The molecule has 0 bridgehead atoms. The van der Waals surface area contributed by atoms with E-state index in [0.29, 0.717) is 13.2 Å². The third kappa shape index (κ3) is 3.68. The van der Waals surface area contributed by atoms with Gasteiger partial charge in [0, 0.05) is 11.6 Å². The SMILES string of the molecule is CCNCC(OC1COC1)c1cccc(Cl)c1. The van der Waals surface area contributed by atoms with Gasteiger partial charge in [-0.2, -0.15) is 0 Å². The van der Waals surface area contributed by atoms with Gasteiger partial charge in [0.1, 0.15) is 6.10 Å². The zero-order chi connectivity index (χ0) is 12.1. The van der Waals surface area contributed by atoms with Crippen molar-refractivity contribution in [1.29, 1.82) is 0 Å². The lowest BCUT2D eigenvalue weighted by Crippen LogP contribution is -2.39. The molecule has 1 saturated heterocycles. The van der Waals surface area contributed by atoms with Crippen LogP contribution in [0.4, 0.5) is 0 Å². The van der Waals surface area contributed by atoms with Gasteiger partial charge in [-0.3, -0.25) is 0 Å². The highest BCUT2D eigenvalue weighted by molar-refractivity contribution is 6.30. The fourth-order valence-corrected chi connectivity index (χ4v) is 1.95. The first-order valence-electron chi connectivity index (χ1n) is 5.99. The van der Waals surface area contributed by atoms with Crippen LogP contribution < -0.4 is 5.32 Å². The minimum absolute atomic E-state index is 0.0440. The van der Waals surface area contributed by atoms with Crippen LogP contribution in [0.15, 0.2) is 24.3 Å². The summed E-state index contributed by atoms with van der Waals surface area (Å²) >= 11 is 6.01. The highest BCUT2D eigenvalue weighted by Gasteiger charge is 2.24. The van der Waals surface area contributed by atoms with Gasteiger partial charge in [-0.1, -0.05) is 30.7 Å². The predicted octanol–water partition coefficient (Wildman–Crippen LogP) is 2.41. The van der Waals surface area contributed by atoms with E-state index in [-0.39, 0.29) is 12.2 Å². The smallest absolute Gasteiger partial charge is 0.105 e. The summed E-state index contributed by atoms with van der Waals surface area (Å²) in [5.41, 5.74) is 1.12. The maximum absolute atomic E-state index is 6.01. The Hall–Kier alpha value is -0.610. The van der Waals surface area contributed by atoms with Crippen molar-refractivity contribution in [2.45, 2.75) is 19.1 Å².